The number of anilines is 2. The summed E-state index contributed by atoms with van der Waals surface area (Å²) < 4.78 is 4.78. The van der Waals surface area contributed by atoms with Gasteiger partial charge in [-0.3, -0.25) is 4.79 Å². The maximum atomic E-state index is 11.5. The molecule has 1 aromatic carbocycles. The van der Waals surface area contributed by atoms with E-state index in [4.69, 9.17) is 27.5 Å². The van der Waals surface area contributed by atoms with Crippen molar-refractivity contribution in [3.05, 3.63) is 22.7 Å². The number of hydrogen-bond acceptors (Lipinski definition) is 5. The van der Waals surface area contributed by atoms with Crippen LogP contribution in [0, 0.1) is 11.3 Å². The molecule has 108 valence electrons. The number of benzene rings is 1. The molecule has 6 heteroatoms. The van der Waals surface area contributed by atoms with Crippen LogP contribution in [0.5, 0.6) is 0 Å². The number of nitrogen functional groups attached to an aromatic ring is 1. The Bertz CT molecular complexity index is 525. The van der Waals surface area contributed by atoms with Gasteiger partial charge < -0.3 is 20.8 Å². The minimum absolute atomic E-state index is 0.0452. The molecule has 1 aromatic rings. The summed E-state index contributed by atoms with van der Waals surface area (Å²) in [5.74, 6) is -0.196. The fraction of sp³-hybridized carbons (Fsp3) is 0.429. The Morgan fingerprint density at radius 1 is 1.50 bits per heavy atom. The number of esters is 1. The predicted molar refractivity (Wildman–Crippen MR) is 80.7 cm³/mol. The van der Waals surface area contributed by atoms with Gasteiger partial charge >= 0.3 is 5.97 Å². The van der Waals surface area contributed by atoms with Crippen molar-refractivity contribution in [3.63, 3.8) is 0 Å². The van der Waals surface area contributed by atoms with E-state index in [1.807, 2.05) is 6.07 Å². The van der Waals surface area contributed by atoms with E-state index in [-0.39, 0.29) is 11.9 Å². The number of rotatable bonds is 3. The third-order valence-electron chi connectivity index (χ3n) is 3.67. The molecule has 0 amide bonds. The van der Waals surface area contributed by atoms with Crippen molar-refractivity contribution in [2.24, 2.45) is 5.92 Å². The first-order chi connectivity index (χ1) is 9.56. The van der Waals surface area contributed by atoms with Crippen LogP contribution in [0.15, 0.2) is 12.1 Å². The van der Waals surface area contributed by atoms with E-state index in [0.717, 1.165) is 31.6 Å². The highest BCUT2D eigenvalue weighted by molar-refractivity contribution is 6.31. The molecule has 1 heterocycles. The van der Waals surface area contributed by atoms with Gasteiger partial charge in [-0.15, -0.1) is 0 Å². The van der Waals surface area contributed by atoms with Gasteiger partial charge in [-0.25, -0.2) is 0 Å². The molecule has 0 spiro atoms. The van der Waals surface area contributed by atoms with Crippen LogP contribution in [-0.4, -0.2) is 32.4 Å². The van der Waals surface area contributed by atoms with Crippen molar-refractivity contribution >= 4 is 35.2 Å². The van der Waals surface area contributed by atoms with Crippen LogP contribution in [0.4, 0.5) is 11.4 Å². The molecule has 0 bridgehead atoms. The largest absolute Gasteiger partial charge is 0.469 e. The highest BCUT2D eigenvalue weighted by atomic mass is 35.5. The molecule has 5 nitrogen and oxygen atoms in total. The van der Waals surface area contributed by atoms with Crippen LogP contribution < -0.4 is 10.6 Å². The van der Waals surface area contributed by atoms with Gasteiger partial charge in [-0.2, -0.15) is 0 Å². The van der Waals surface area contributed by atoms with Gasteiger partial charge in [0.05, 0.1) is 13.0 Å². The van der Waals surface area contributed by atoms with Crippen LogP contribution in [0.25, 0.3) is 0 Å². The lowest BCUT2D eigenvalue weighted by atomic mass is 9.96. The van der Waals surface area contributed by atoms with Crippen molar-refractivity contribution in [3.8, 4) is 0 Å². The van der Waals surface area contributed by atoms with Gasteiger partial charge in [0.25, 0.3) is 0 Å². The van der Waals surface area contributed by atoms with Crippen LogP contribution in [0.2, 0.25) is 5.02 Å². The molecule has 1 aliphatic heterocycles. The van der Waals surface area contributed by atoms with Gasteiger partial charge in [0.1, 0.15) is 0 Å². The van der Waals surface area contributed by atoms with Crippen molar-refractivity contribution in [1.82, 2.24) is 0 Å². The Morgan fingerprint density at radius 3 is 2.70 bits per heavy atom. The van der Waals surface area contributed by atoms with E-state index in [2.05, 4.69) is 4.90 Å². The highest BCUT2D eigenvalue weighted by Crippen LogP contribution is 2.32. The normalized spacial score (nSPS) is 16.0. The monoisotopic (exact) mass is 295 g/mol. The Morgan fingerprint density at radius 2 is 2.15 bits per heavy atom. The third-order valence-corrected chi connectivity index (χ3v) is 3.89. The number of nitrogens with two attached hydrogens (primary N) is 1. The Balaban J connectivity index is 2.18. The van der Waals surface area contributed by atoms with Gasteiger partial charge in [0.15, 0.2) is 0 Å². The smallest absolute Gasteiger partial charge is 0.308 e. The molecule has 0 aromatic heterocycles. The standard InChI is InChI=1S/C14H18ClN3O2/c1-20-14(19)9-2-4-18(5-3-9)13-7-10(15)6-12(17)11(13)8-16/h6-9,16H,2-5,17H2,1H3. The molecular formula is C14H18ClN3O2. The Hall–Kier alpha value is -1.75. The fourth-order valence-corrected chi connectivity index (χ4v) is 2.79. The molecule has 0 aliphatic carbocycles. The predicted octanol–water partition coefficient (Wildman–Crippen LogP) is 2.31. The Kier molecular flexibility index (Phi) is 4.49. The lowest BCUT2D eigenvalue weighted by Gasteiger charge is -2.33. The molecule has 1 fully saturated rings. The second kappa shape index (κ2) is 6.13. The lowest BCUT2D eigenvalue weighted by Crippen LogP contribution is -2.37. The number of methoxy groups -OCH3 is 1. The minimum Gasteiger partial charge on any atom is -0.469 e. The summed E-state index contributed by atoms with van der Waals surface area (Å²) in [7, 11) is 1.42. The number of nitrogens with one attached hydrogen (secondary N) is 1. The average Bonchev–Trinajstić information content (AvgIpc) is 2.46. The van der Waals surface area contributed by atoms with Crippen LogP contribution in [0.1, 0.15) is 18.4 Å². The molecular weight excluding hydrogens is 278 g/mol. The zero-order valence-electron chi connectivity index (χ0n) is 11.4. The number of ether oxygens (including phenoxy) is 1. The summed E-state index contributed by atoms with van der Waals surface area (Å²) in [4.78, 5) is 13.6. The zero-order valence-corrected chi connectivity index (χ0v) is 12.1. The van der Waals surface area contributed by atoms with Gasteiger partial charge in [-0.1, -0.05) is 11.6 Å². The first kappa shape index (κ1) is 14.7. The number of piperidine rings is 1. The molecule has 20 heavy (non-hydrogen) atoms. The summed E-state index contributed by atoms with van der Waals surface area (Å²) in [6.07, 6.45) is 2.71. The number of nitrogens with zero attached hydrogens (tertiary/aromatic N) is 1. The molecule has 2 rings (SSSR count). The minimum atomic E-state index is -0.150. The van der Waals surface area contributed by atoms with Crippen LogP contribution in [0.3, 0.4) is 0 Å². The molecule has 1 aliphatic rings. The van der Waals surface area contributed by atoms with E-state index in [1.165, 1.54) is 13.3 Å². The van der Waals surface area contributed by atoms with E-state index in [0.29, 0.717) is 16.3 Å². The SMILES string of the molecule is COC(=O)C1CCN(c2cc(Cl)cc(N)c2C=N)CC1. The van der Waals surface area contributed by atoms with Crippen molar-refractivity contribution in [2.45, 2.75) is 12.8 Å². The first-order valence-electron chi connectivity index (χ1n) is 6.49. The zero-order chi connectivity index (χ0) is 14.7. The Labute approximate surface area is 123 Å². The van der Waals surface area contributed by atoms with Crippen molar-refractivity contribution < 1.29 is 9.53 Å². The highest BCUT2D eigenvalue weighted by Gasteiger charge is 2.26. The van der Waals surface area contributed by atoms with E-state index in [1.54, 1.807) is 6.07 Å². The second-order valence-electron chi connectivity index (χ2n) is 4.86. The summed E-state index contributed by atoms with van der Waals surface area (Å²) in [6, 6.07) is 3.46. The van der Waals surface area contributed by atoms with E-state index in [9.17, 15) is 4.79 Å². The van der Waals surface area contributed by atoms with Crippen molar-refractivity contribution in [1.29, 1.82) is 5.41 Å². The fourth-order valence-electron chi connectivity index (χ4n) is 2.57. The van der Waals surface area contributed by atoms with E-state index >= 15 is 0 Å². The van der Waals surface area contributed by atoms with E-state index < -0.39 is 0 Å². The number of hydrogen-bond donors (Lipinski definition) is 2. The summed E-state index contributed by atoms with van der Waals surface area (Å²) in [5.41, 5.74) is 7.92. The number of halogens is 1. The maximum absolute atomic E-state index is 11.5. The summed E-state index contributed by atoms with van der Waals surface area (Å²) >= 11 is 6.04. The summed E-state index contributed by atoms with van der Waals surface area (Å²) in [6.45, 7) is 1.45. The number of carbonyl (C=O) groups is 1. The molecule has 0 saturated carbocycles. The van der Waals surface area contributed by atoms with Crippen LogP contribution >= 0.6 is 11.6 Å². The molecule has 1 saturated heterocycles. The van der Waals surface area contributed by atoms with Gasteiger partial charge in [0, 0.05) is 41.3 Å². The first-order valence-corrected chi connectivity index (χ1v) is 6.87. The average molecular weight is 296 g/mol. The number of carbonyl (C=O) groups excluding carboxylic acids is 1. The second-order valence-corrected chi connectivity index (χ2v) is 5.29. The van der Waals surface area contributed by atoms with Crippen LogP contribution in [-0.2, 0) is 9.53 Å². The molecule has 0 radical (unpaired) electrons. The third kappa shape index (κ3) is 2.88. The van der Waals surface area contributed by atoms with Gasteiger partial charge in [0.2, 0.25) is 0 Å². The molecule has 0 unspecified atom stereocenters. The molecule has 0 atom stereocenters. The van der Waals surface area contributed by atoms with Crippen molar-refractivity contribution in [2.75, 3.05) is 30.8 Å². The lowest BCUT2D eigenvalue weighted by molar-refractivity contribution is -0.146. The topological polar surface area (TPSA) is 79.4 Å². The quantitative estimate of drug-likeness (QED) is 0.509. The van der Waals surface area contributed by atoms with Gasteiger partial charge in [-0.05, 0) is 25.0 Å². The molecule has 3 N–H and O–H groups in total. The maximum Gasteiger partial charge on any atom is 0.308 e. The summed E-state index contributed by atoms with van der Waals surface area (Å²) in [5, 5.41) is 8.06.